The number of nitrogens with zero attached hydrogens (tertiary/aromatic N) is 2. The molecule has 8 heteroatoms. The highest BCUT2D eigenvalue weighted by Crippen LogP contribution is 2.21. The fraction of sp³-hybridized carbons (Fsp3) is 0.333. The van der Waals surface area contributed by atoms with Gasteiger partial charge in [0, 0.05) is 26.7 Å². The molecule has 0 N–H and O–H groups in total. The van der Waals surface area contributed by atoms with Crippen molar-refractivity contribution in [3.05, 3.63) is 60.2 Å². The van der Waals surface area contributed by atoms with Crippen LogP contribution in [0, 0.1) is 0 Å². The maximum Gasteiger partial charge on any atom is 0.243 e. The van der Waals surface area contributed by atoms with Gasteiger partial charge in [0.15, 0.2) is 0 Å². The van der Waals surface area contributed by atoms with E-state index >= 15 is 0 Å². The van der Waals surface area contributed by atoms with Crippen LogP contribution in [-0.4, -0.2) is 45.6 Å². The van der Waals surface area contributed by atoms with Crippen molar-refractivity contribution in [3.63, 3.8) is 0 Å². The average Bonchev–Trinajstić information content (AvgIpc) is 2.63. The van der Waals surface area contributed by atoms with E-state index in [0.29, 0.717) is 13.1 Å². The molecule has 0 amide bonds. The zero-order valence-electron chi connectivity index (χ0n) is 15.2. The van der Waals surface area contributed by atoms with E-state index in [1.807, 2.05) is 30.3 Å². The Labute approximate surface area is 156 Å². The molecule has 6 nitrogen and oxygen atoms in total. The largest absolute Gasteiger partial charge is 0.243 e. The van der Waals surface area contributed by atoms with Crippen LogP contribution in [0.1, 0.15) is 19.4 Å². The van der Waals surface area contributed by atoms with Crippen molar-refractivity contribution in [1.82, 2.24) is 8.61 Å². The van der Waals surface area contributed by atoms with Gasteiger partial charge in [-0.15, -0.1) is 0 Å². The first-order chi connectivity index (χ1) is 12.2. The summed E-state index contributed by atoms with van der Waals surface area (Å²) in [6, 6.07) is 14.6. The lowest BCUT2D eigenvalue weighted by molar-refractivity contribution is 0.445. The Hall–Kier alpha value is -1.74. The molecular formula is C18H24N2O4S2. The Kier molecular flexibility index (Phi) is 6.57. The molecule has 0 saturated carbocycles. The predicted molar refractivity (Wildman–Crippen MR) is 102 cm³/mol. The van der Waals surface area contributed by atoms with Crippen LogP contribution in [0.2, 0.25) is 0 Å². The Morgan fingerprint density at radius 2 is 1.19 bits per heavy atom. The van der Waals surface area contributed by atoms with Gasteiger partial charge in [0.1, 0.15) is 0 Å². The zero-order chi connectivity index (χ0) is 19.4. The third-order valence-corrected chi connectivity index (χ3v) is 8.00. The van der Waals surface area contributed by atoms with Crippen molar-refractivity contribution < 1.29 is 16.8 Å². The van der Waals surface area contributed by atoms with E-state index in [9.17, 15) is 16.8 Å². The molecule has 0 bridgehead atoms. The molecule has 0 unspecified atom stereocenters. The summed E-state index contributed by atoms with van der Waals surface area (Å²) in [6.45, 7) is 4.48. The third-order valence-electron chi connectivity index (χ3n) is 4.12. The fourth-order valence-corrected chi connectivity index (χ4v) is 5.22. The number of rotatable bonds is 8. The van der Waals surface area contributed by atoms with Crippen LogP contribution in [0.4, 0.5) is 0 Å². The zero-order valence-corrected chi connectivity index (χ0v) is 16.8. The van der Waals surface area contributed by atoms with Crippen LogP contribution >= 0.6 is 0 Å². The van der Waals surface area contributed by atoms with E-state index in [0.717, 1.165) is 5.56 Å². The first kappa shape index (κ1) is 20.6. The molecule has 0 saturated heterocycles. The van der Waals surface area contributed by atoms with Crippen LogP contribution in [0.25, 0.3) is 0 Å². The van der Waals surface area contributed by atoms with Crippen molar-refractivity contribution in [1.29, 1.82) is 0 Å². The van der Waals surface area contributed by atoms with Gasteiger partial charge in [0.2, 0.25) is 20.0 Å². The van der Waals surface area contributed by atoms with Gasteiger partial charge >= 0.3 is 0 Å². The van der Waals surface area contributed by atoms with Crippen molar-refractivity contribution in [2.24, 2.45) is 0 Å². The van der Waals surface area contributed by atoms with E-state index in [1.165, 1.54) is 39.9 Å². The van der Waals surface area contributed by atoms with Crippen LogP contribution in [-0.2, 0) is 26.6 Å². The van der Waals surface area contributed by atoms with Gasteiger partial charge < -0.3 is 0 Å². The van der Waals surface area contributed by atoms with Gasteiger partial charge in [-0.2, -0.15) is 8.61 Å². The first-order valence-electron chi connectivity index (χ1n) is 8.34. The van der Waals surface area contributed by atoms with Crippen LogP contribution in [0.5, 0.6) is 0 Å². The molecule has 0 aliphatic carbocycles. The van der Waals surface area contributed by atoms with E-state index in [-0.39, 0.29) is 16.3 Å². The van der Waals surface area contributed by atoms with Gasteiger partial charge in [-0.25, -0.2) is 16.8 Å². The molecule has 2 rings (SSSR count). The normalized spacial score (nSPS) is 12.7. The Bertz CT molecular complexity index is 921. The molecule has 0 aliphatic heterocycles. The third kappa shape index (κ3) is 4.32. The quantitative estimate of drug-likeness (QED) is 0.687. The van der Waals surface area contributed by atoms with Crippen LogP contribution in [0.3, 0.4) is 0 Å². The summed E-state index contributed by atoms with van der Waals surface area (Å²) in [5.41, 5.74) is 0.874. The molecule has 2 aromatic rings. The molecule has 26 heavy (non-hydrogen) atoms. The number of hydrogen-bond acceptors (Lipinski definition) is 4. The highest BCUT2D eigenvalue weighted by Gasteiger charge is 2.24. The molecule has 0 radical (unpaired) electrons. The first-order valence-corrected chi connectivity index (χ1v) is 11.2. The van der Waals surface area contributed by atoms with Gasteiger partial charge in [0.25, 0.3) is 0 Å². The summed E-state index contributed by atoms with van der Waals surface area (Å²) in [6.07, 6.45) is 0. The molecule has 2 aromatic carbocycles. The van der Waals surface area contributed by atoms with Crippen LogP contribution < -0.4 is 0 Å². The Balaban J connectivity index is 2.26. The summed E-state index contributed by atoms with van der Waals surface area (Å²) in [4.78, 5) is 0.153. The van der Waals surface area contributed by atoms with Crippen molar-refractivity contribution in [2.45, 2.75) is 30.2 Å². The SMILES string of the molecule is CCN(CC)S(=O)(=O)c1ccc(S(=O)(=O)N(C)Cc2ccccc2)cc1. The molecule has 0 heterocycles. The number of benzene rings is 2. The van der Waals surface area contributed by atoms with E-state index in [2.05, 4.69) is 0 Å². The van der Waals surface area contributed by atoms with Gasteiger partial charge in [0.05, 0.1) is 9.79 Å². The van der Waals surface area contributed by atoms with E-state index in [1.54, 1.807) is 13.8 Å². The standard InChI is InChI=1S/C18H24N2O4S2/c1-4-20(5-2)26(23,24)18-13-11-17(12-14-18)25(21,22)19(3)15-16-9-7-6-8-10-16/h6-14H,4-5,15H2,1-3H3. The monoisotopic (exact) mass is 396 g/mol. The van der Waals surface area contributed by atoms with Gasteiger partial charge in [-0.3, -0.25) is 0 Å². The topological polar surface area (TPSA) is 74.8 Å². The molecule has 0 atom stereocenters. The minimum atomic E-state index is -3.71. The second-order valence-electron chi connectivity index (χ2n) is 5.81. The number of sulfonamides is 2. The van der Waals surface area contributed by atoms with Crippen LogP contribution in [0.15, 0.2) is 64.4 Å². The maximum atomic E-state index is 12.7. The highest BCUT2D eigenvalue weighted by atomic mass is 32.2. The summed E-state index contributed by atoms with van der Waals surface area (Å²) in [5, 5.41) is 0. The Morgan fingerprint density at radius 1 is 0.731 bits per heavy atom. The second-order valence-corrected chi connectivity index (χ2v) is 9.79. The molecule has 0 aliphatic rings. The fourth-order valence-electron chi connectivity index (χ4n) is 2.60. The lowest BCUT2D eigenvalue weighted by Gasteiger charge is -2.20. The lowest BCUT2D eigenvalue weighted by atomic mass is 10.2. The Morgan fingerprint density at radius 3 is 1.65 bits per heavy atom. The molecule has 0 fully saturated rings. The average molecular weight is 397 g/mol. The second kappa shape index (κ2) is 8.30. The van der Waals surface area contributed by atoms with Gasteiger partial charge in [-0.05, 0) is 29.8 Å². The minimum absolute atomic E-state index is 0.0643. The smallest absolute Gasteiger partial charge is 0.207 e. The summed E-state index contributed by atoms with van der Waals surface area (Å²) >= 11 is 0. The van der Waals surface area contributed by atoms with E-state index < -0.39 is 20.0 Å². The van der Waals surface area contributed by atoms with Gasteiger partial charge in [-0.1, -0.05) is 44.2 Å². The molecular weight excluding hydrogens is 372 g/mol. The summed E-state index contributed by atoms with van der Waals surface area (Å²) in [7, 11) is -5.81. The molecule has 0 aromatic heterocycles. The van der Waals surface area contributed by atoms with Crippen molar-refractivity contribution in [2.75, 3.05) is 20.1 Å². The number of hydrogen-bond donors (Lipinski definition) is 0. The summed E-state index contributed by atoms with van der Waals surface area (Å²) < 4.78 is 53.0. The maximum absolute atomic E-state index is 12.7. The molecule has 0 spiro atoms. The predicted octanol–water partition coefficient (Wildman–Crippen LogP) is 2.54. The van der Waals surface area contributed by atoms with E-state index in [4.69, 9.17) is 0 Å². The summed E-state index contributed by atoms with van der Waals surface area (Å²) in [5.74, 6) is 0. The minimum Gasteiger partial charge on any atom is -0.207 e. The van der Waals surface area contributed by atoms with Crippen molar-refractivity contribution in [3.8, 4) is 0 Å². The highest BCUT2D eigenvalue weighted by molar-refractivity contribution is 7.89. The lowest BCUT2D eigenvalue weighted by Crippen LogP contribution is -2.30. The van der Waals surface area contributed by atoms with Crippen molar-refractivity contribution >= 4 is 20.0 Å². The molecule has 142 valence electrons.